The summed E-state index contributed by atoms with van der Waals surface area (Å²) in [7, 11) is -2.17. The Morgan fingerprint density at radius 1 is 1.07 bits per heavy atom. The van der Waals surface area contributed by atoms with E-state index in [-0.39, 0.29) is 10.9 Å². The average molecular weight is 388 g/mol. The first-order chi connectivity index (χ1) is 12.9. The van der Waals surface area contributed by atoms with Gasteiger partial charge < -0.3 is 4.74 Å². The van der Waals surface area contributed by atoms with Crippen LogP contribution in [-0.2, 0) is 22.9 Å². The maximum Gasteiger partial charge on any atom is 0.244 e. The van der Waals surface area contributed by atoms with Gasteiger partial charge in [-0.15, -0.1) is 0 Å². The topological polar surface area (TPSA) is 55.4 Å². The third kappa shape index (κ3) is 4.19. The Morgan fingerprint density at radius 2 is 1.74 bits per heavy atom. The minimum Gasteiger partial charge on any atom is -0.495 e. The zero-order valence-electron chi connectivity index (χ0n) is 16.6. The summed E-state index contributed by atoms with van der Waals surface area (Å²) in [5.74, 6) is 0.429. The molecule has 1 N–H and O–H groups in total. The Labute approximate surface area is 163 Å². The lowest BCUT2D eigenvalue weighted by Crippen LogP contribution is -2.29. The van der Waals surface area contributed by atoms with Gasteiger partial charge in [-0.1, -0.05) is 30.7 Å². The van der Waals surface area contributed by atoms with Gasteiger partial charge >= 0.3 is 0 Å². The van der Waals surface area contributed by atoms with Crippen LogP contribution in [-0.4, -0.2) is 15.5 Å². The van der Waals surface area contributed by atoms with E-state index in [4.69, 9.17) is 4.74 Å². The largest absolute Gasteiger partial charge is 0.495 e. The third-order valence-electron chi connectivity index (χ3n) is 5.42. The number of ether oxygens (including phenoxy) is 1. The fraction of sp³-hybridized carbons (Fsp3) is 0.455. The molecule has 0 saturated carbocycles. The van der Waals surface area contributed by atoms with Crippen molar-refractivity contribution < 1.29 is 13.2 Å². The summed E-state index contributed by atoms with van der Waals surface area (Å²) >= 11 is 0. The standard InChI is InChI=1S/C22H29NO3S/c1-5-20(19-11-10-15(2)12-16(19)3)23-27(24,25)22-14-18-9-7-6-8-17(18)13-21(22)26-4/h10-14,20,23H,5-9H2,1-4H3/t20-/m1/s1. The van der Waals surface area contributed by atoms with Gasteiger partial charge in [0.05, 0.1) is 7.11 Å². The number of hydrogen-bond acceptors (Lipinski definition) is 3. The highest BCUT2D eigenvalue weighted by molar-refractivity contribution is 7.89. The molecule has 5 heteroatoms. The molecule has 0 saturated heterocycles. The number of sulfonamides is 1. The van der Waals surface area contributed by atoms with Crippen molar-refractivity contribution in [3.05, 3.63) is 58.1 Å². The fourth-order valence-corrected chi connectivity index (χ4v) is 5.44. The van der Waals surface area contributed by atoms with Gasteiger partial charge in [0, 0.05) is 6.04 Å². The predicted octanol–water partition coefficient (Wildman–Crippen LogP) is 4.62. The minimum atomic E-state index is -3.70. The summed E-state index contributed by atoms with van der Waals surface area (Å²) in [6.45, 7) is 6.06. The molecule has 3 rings (SSSR count). The highest BCUT2D eigenvalue weighted by Crippen LogP contribution is 2.33. The number of hydrogen-bond donors (Lipinski definition) is 1. The number of aryl methyl sites for hydroxylation is 4. The van der Waals surface area contributed by atoms with Crippen LogP contribution >= 0.6 is 0 Å². The maximum absolute atomic E-state index is 13.2. The van der Waals surface area contributed by atoms with Crippen molar-refractivity contribution in [2.75, 3.05) is 7.11 Å². The third-order valence-corrected chi connectivity index (χ3v) is 6.92. The number of benzene rings is 2. The molecule has 0 heterocycles. The van der Waals surface area contributed by atoms with Crippen molar-refractivity contribution in [1.29, 1.82) is 0 Å². The molecule has 146 valence electrons. The molecule has 2 aromatic carbocycles. The van der Waals surface area contributed by atoms with Gasteiger partial charge in [-0.3, -0.25) is 0 Å². The van der Waals surface area contributed by atoms with E-state index in [2.05, 4.69) is 10.8 Å². The van der Waals surface area contributed by atoms with E-state index in [1.54, 1.807) is 0 Å². The summed E-state index contributed by atoms with van der Waals surface area (Å²) in [5, 5.41) is 0. The molecule has 4 nitrogen and oxygen atoms in total. The molecule has 1 atom stereocenters. The Bertz CT molecular complexity index is 935. The van der Waals surface area contributed by atoms with Crippen molar-refractivity contribution in [2.45, 2.75) is 63.8 Å². The molecular weight excluding hydrogens is 358 g/mol. The van der Waals surface area contributed by atoms with E-state index in [9.17, 15) is 8.42 Å². The van der Waals surface area contributed by atoms with Crippen LogP contribution < -0.4 is 9.46 Å². The maximum atomic E-state index is 13.2. The second kappa shape index (κ2) is 8.03. The predicted molar refractivity (Wildman–Crippen MR) is 109 cm³/mol. The molecule has 2 aromatic rings. The molecule has 0 radical (unpaired) electrons. The molecule has 0 bridgehead atoms. The second-order valence-corrected chi connectivity index (χ2v) is 9.10. The molecule has 0 aromatic heterocycles. The zero-order chi connectivity index (χ0) is 19.6. The van der Waals surface area contributed by atoms with Crippen LogP contribution in [0, 0.1) is 13.8 Å². The van der Waals surface area contributed by atoms with Crippen molar-refractivity contribution in [1.82, 2.24) is 4.72 Å². The molecule has 0 amide bonds. The first-order valence-corrected chi connectivity index (χ1v) is 11.1. The lowest BCUT2D eigenvalue weighted by Gasteiger charge is -2.23. The van der Waals surface area contributed by atoms with E-state index in [1.807, 2.05) is 45.0 Å². The highest BCUT2D eigenvalue weighted by Gasteiger charge is 2.26. The van der Waals surface area contributed by atoms with Gasteiger partial charge in [0.25, 0.3) is 0 Å². The Kier molecular flexibility index (Phi) is 5.92. The lowest BCUT2D eigenvalue weighted by molar-refractivity contribution is 0.400. The molecule has 0 spiro atoms. The molecule has 0 aliphatic heterocycles. The van der Waals surface area contributed by atoms with Crippen molar-refractivity contribution in [2.24, 2.45) is 0 Å². The van der Waals surface area contributed by atoms with Crippen LogP contribution in [0.1, 0.15) is 60.0 Å². The van der Waals surface area contributed by atoms with Gasteiger partial charge in [0.15, 0.2) is 0 Å². The van der Waals surface area contributed by atoms with Gasteiger partial charge in [-0.2, -0.15) is 0 Å². The summed E-state index contributed by atoms with van der Waals surface area (Å²) in [6, 6.07) is 9.58. The van der Waals surface area contributed by atoms with Crippen LogP contribution in [0.2, 0.25) is 0 Å². The monoisotopic (exact) mass is 387 g/mol. The SMILES string of the molecule is CC[C@@H](NS(=O)(=O)c1cc2c(cc1OC)CCCC2)c1ccc(C)cc1C. The molecular formula is C22H29NO3S. The number of fused-ring (bicyclic) bond motifs is 1. The van der Waals surface area contributed by atoms with Gasteiger partial charge in [0.2, 0.25) is 10.0 Å². The zero-order valence-corrected chi connectivity index (χ0v) is 17.4. The lowest BCUT2D eigenvalue weighted by atomic mass is 9.92. The Morgan fingerprint density at radius 3 is 2.33 bits per heavy atom. The van der Waals surface area contributed by atoms with Crippen LogP contribution in [0.4, 0.5) is 0 Å². The van der Waals surface area contributed by atoms with Crippen LogP contribution in [0.25, 0.3) is 0 Å². The first-order valence-electron chi connectivity index (χ1n) is 9.65. The summed E-state index contributed by atoms with van der Waals surface area (Å²) in [5.41, 5.74) is 5.62. The smallest absolute Gasteiger partial charge is 0.244 e. The van der Waals surface area contributed by atoms with Crippen molar-refractivity contribution in [3.8, 4) is 5.75 Å². The van der Waals surface area contributed by atoms with Crippen molar-refractivity contribution >= 4 is 10.0 Å². The van der Waals surface area contributed by atoms with Gasteiger partial charge in [-0.05, 0) is 80.3 Å². The van der Waals surface area contributed by atoms with E-state index in [0.717, 1.165) is 42.4 Å². The summed E-state index contributed by atoms with van der Waals surface area (Å²) in [4.78, 5) is 0.244. The molecule has 0 unspecified atom stereocenters. The molecule has 27 heavy (non-hydrogen) atoms. The fourth-order valence-electron chi connectivity index (χ4n) is 3.94. The minimum absolute atomic E-state index is 0.244. The highest BCUT2D eigenvalue weighted by atomic mass is 32.2. The van der Waals surface area contributed by atoms with Gasteiger partial charge in [0.1, 0.15) is 10.6 Å². The first kappa shape index (κ1) is 19.9. The average Bonchev–Trinajstić information content (AvgIpc) is 2.65. The van der Waals surface area contributed by atoms with E-state index in [1.165, 1.54) is 18.2 Å². The molecule has 0 fully saturated rings. The number of nitrogens with one attached hydrogen (secondary N) is 1. The van der Waals surface area contributed by atoms with Crippen LogP contribution in [0.3, 0.4) is 0 Å². The second-order valence-electron chi connectivity index (χ2n) is 7.42. The quantitative estimate of drug-likeness (QED) is 0.787. The normalized spacial score (nSPS) is 15.3. The number of methoxy groups -OCH3 is 1. The van der Waals surface area contributed by atoms with E-state index < -0.39 is 10.0 Å². The van der Waals surface area contributed by atoms with Crippen molar-refractivity contribution in [3.63, 3.8) is 0 Å². The van der Waals surface area contributed by atoms with Crippen LogP contribution in [0.5, 0.6) is 5.75 Å². The summed E-state index contributed by atoms with van der Waals surface area (Å²) < 4.78 is 34.8. The molecule has 1 aliphatic carbocycles. The van der Waals surface area contributed by atoms with E-state index >= 15 is 0 Å². The Balaban J connectivity index is 1.98. The summed E-state index contributed by atoms with van der Waals surface area (Å²) in [6.07, 6.45) is 4.84. The Hall–Kier alpha value is -1.85. The van der Waals surface area contributed by atoms with Gasteiger partial charge in [-0.25, -0.2) is 13.1 Å². The molecule has 1 aliphatic rings. The van der Waals surface area contributed by atoms with E-state index in [0.29, 0.717) is 12.2 Å². The number of rotatable bonds is 6. The van der Waals surface area contributed by atoms with Crippen LogP contribution in [0.15, 0.2) is 35.2 Å².